The van der Waals surface area contributed by atoms with E-state index in [0.29, 0.717) is 5.92 Å². The molecule has 1 heteroatoms. The number of benzene rings is 2. The van der Waals surface area contributed by atoms with Crippen molar-refractivity contribution < 1.29 is 5.11 Å². The molecule has 0 bridgehead atoms. The third-order valence-electron chi connectivity index (χ3n) is 3.10. The van der Waals surface area contributed by atoms with Gasteiger partial charge in [-0.2, -0.15) is 0 Å². The maximum atomic E-state index is 10.1. The molecule has 0 heterocycles. The SMILES string of the molecule is CC(C)CC(O)c1ccc(-c2ccccc2)cc1. The van der Waals surface area contributed by atoms with Gasteiger partial charge < -0.3 is 5.11 Å². The van der Waals surface area contributed by atoms with Crippen LogP contribution in [-0.2, 0) is 0 Å². The molecular formula is C17H20O. The van der Waals surface area contributed by atoms with Crippen molar-refractivity contribution in [2.75, 3.05) is 0 Å². The standard InChI is InChI=1S/C17H20O/c1-13(2)12-17(18)16-10-8-15(9-11-16)14-6-4-3-5-7-14/h3-11,13,17-18H,12H2,1-2H3. The Labute approximate surface area is 109 Å². The molecule has 1 N–H and O–H groups in total. The summed E-state index contributed by atoms with van der Waals surface area (Å²) in [6, 6.07) is 18.5. The molecule has 0 spiro atoms. The van der Waals surface area contributed by atoms with Crippen LogP contribution in [0.25, 0.3) is 11.1 Å². The van der Waals surface area contributed by atoms with Crippen LogP contribution in [-0.4, -0.2) is 5.11 Å². The fourth-order valence-corrected chi connectivity index (χ4v) is 2.11. The summed E-state index contributed by atoms with van der Waals surface area (Å²) in [5.74, 6) is 0.508. The van der Waals surface area contributed by atoms with E-state index in [-0.39, 0.29) is 6.10 Å². The Hall–Kier alpha value is -1.60. The third-order valence-corrected chi connectivity index (χ3v) is 3.10. The second-order valence-corrected chi connectivity index (χ2v) is 5.13. The fraction of sp³-hybridized carbons (Fsp3) is 0.294. The number of aliphatic hydroxyl groups is 1. The van der Waals surface area contributed by atoms with Crippen molar-refractivity contribution in [3.63, 3.8) is 0 Å². The molecule has 2 aromatic rings. The summed E-state index contributed by atoms with van der Waals surface area (Å²) in [6.07, 6.45) is 0.458. The van der Waals surface area contributed by atoms with Gasteiger partial charge in [-0.1, -0.05) is 68.4 Å². The van der Waals surface area contributed by atoms with Crippen molar-refractivity contribution in [1.82, 2.24) is 0 Å². The number of rotatable bonds is 4. The molecule has 1 nitrogen and oxygen atoms in total. The summed E-state index contributed by atoms with van der Waals surface area (Å²) in [4.78, 5) is 0. The zero-order valence-electron chi connectivity index (χ0n) is 11.0. The molecule has 0 aliphatic heterocycles. The van der Waals surface area contributed by atoms with Gasteiger partial charge in [0.25, 0.3) is 0 Å². The van der Waals surface area contributed by atoms with E-state index in [4.69, 9.17) is 0 Å². The second kappa shape index (κ2) is 5.83. The van der Waals surface area contributed by atoms with Crippen LogP contribution in [0.15, 0.2) is 54.6 Å². The summed E-state index contributed by atoms with van der Waals surface area (Å²) < 4.78 is 0. The van der Waals surface area contributed by atoms with E-state index in [0.717, 1.165) is 12.0 Å². The lowest BCUT2D eigenvalue weighted by Gasteiger charge is -2.13. The first-order chi connectivity index (χ1) is 8.66. The highest BCUT2D eigenvalue weighted by atomic mass is 16.3. The van der Waals surface area contributed by atoms with Crippen LogP contribution >= 0.6 is 0 Å². The Morgan fingerprint density at radius 1 is 0.833 bits per heavy atom. The van der Waals surface area contributed by atoms with Crippen molar-refractivity contribution in [1.29, 1.82) is 0 Å². The molecule has 1 unspecified atom stereocenters. The molecule has 1 atom stereocenters. The molecule has 0 saturated heterocycles. The number of hydrogen-bond donors (Lipinski definition) is 1. The normalized spacial score (nSPS) is 12.7. The minimum Gasteiger partial charge on any atom is -0.388 e. The number of hydrogen-bond acceptors (Lipinski definition) is 1. The molecule has 0 aliphatic rings. The van der Waals surface area contributed by atoms with Crippen molar-refractivity contribution in [2.45, 2.75) is 26.4 Å². The average molecular weight is 240 g/mol. The second-order valence-electron chi connectivity index (χ2n) is 5.13. The Morgan fingerprint density at radius 3 is 1.94 bits per heavy atom. The average Bonchev–Trinajstić information content (AvgIpc) is 2.39. The van der Waals surface area contributed by atoms with Gasteiger partial charge in [0.15, 0.2) is 0 Å². The lowest BCUT2D eigenvalue weighted by molar-refractivity contribution is 0.151. The van der Waals surface area contributed by atoms with Gasteiger partial charge in [0.2, 0.25) is 0 Å². The van der Waals surface area contributed by atoms with E-state index in [9.17, 15) is 5.11 Å². The molecule has 0 fully saturated rings. The molecule has 0 amide bonds. The van der Waals surface area contributed by atoms with E-state index >= 15 is 0 Å². The van der Waals surface area contributed by atoms with E-state index in [1.54, 1.807) is 0 Å². The highest BCUT2D eigenvalue weighted by molar-refractivity contribution is 5.63. The van der Waals surface area contributed by atoms with Crippen LogP contribution in [0.4, 0.5) is 0 Å². The summed E-state index contributed by atoms with van der Waals surface area (Å²) >= 11 is 0. The summed E-state index contributed by atoms with van der Waals surface area (Å²) in [6.45, 7) is 4.25. The molecule has 18 heavy (non-hydrogen) atoms. The van der Waals surface area contributed by atoms with E-state index < -0.39 is 0 Å². The van der Waals surface area contributed by atoms with Crippen LogP contribution in [0.2, 0.25) is 0 Å². The Kier molecular flexibility index (Phi) is 4.16. The minimum absolute atomic E-state index is 0.352. The predicted octanol–water partition coefficient (Wildman–Crippen LogP) is 4.43. The topological polar surface area (TPSA) is 20.2 Å². The van der Waals surface area contributed by atoms with Gasteiger partial charge >= 0.3 is 0 Å². The monoisotopic (exact) mass is 240 g/mol. The Balaban J connectivity index is 2.15. The predicted molar refractivity (Wildman–Crippen MR) is 76.3 cm³/mol. The maximum Gasteiger partial charge on any atom is 0.0792 e. The largest absolute Gasteiger partial charge is 0.388 e. The minimum atomic E-state index is -0.352. The van der Waals surface area contributed by atoms with Crippen molar-refractivity contribution in [2.24, 2.45) is 5.92 Å². The Bertz CT molecular complexity index is 471. The number of aliphatic hydroxyl groups excluding tert-OH is 1. The zero-order chi connectivity index (χ0) is 13.0. The smallest absolute Gasteiger partial charge is 0.0792 e. The van der Waals surface area contributed by atoms with Gasteiger partial charge in [0, 0.05) is 0 Å². The molecule has 0 saturated carbocycles. The van der Waals surface area contributed by atoms with Crippen LogP contribution in [0.5, 0.6) is 0 Å². The van der Waals surface area contributed by atoms with Gasteiger partial charge in [-0.15, -0.1) is 0 Å². The fourth-order valence-electron chi connectivity index (χ4n) is 2.11. The van der Waals surface area contributed by atoms with Crippen molar-refractivity contribution in [3.8, 4) is 11.1 Å². The summed E-state index contributed by atoms with van der Waals surface area (Å²) in [5.41, 5.74) is 3.40. The molecule has 0 aliphatic carbocycles. The van der Waals surface area contributed by atoms with Gasteiger partial charge in [-0.05, 0) is 29.0 Å². The van der Waals surface area contributed by atoms with Crippen molar-refractivity contribution >= 4 is 0 Å². The molecule has 0 radical (unpaired) electrons. The van der Waals surface area contributed by atoms with E-state index in [2.05, 4.69) is 38.1 Å². The highest BCUT2D eigenvalue weighted by Crippen LogP contribution is 2.24. The summed E-state index contributed by atoms with van der Waals surface area (Å²) in [5, 5.41) is 10.1. The lowest BCUT2D eigenvalue weighted by Crippen LogP contribution is -2.01. The molecule has 2 rings (SSSR count). The van der Waals surface area contributed by atoms with Gasteiger partial charge in [-0.3, -0.25) is 0 Å². The third kappa shape index (κ3) is 3.21. The summed E-state index contributed by atoms with van der Waals surface area (Å²) in [7, 11) is 0. The lowest BCUT2D eigenvalue weighted by atomic mass is 9.97. The van der Waals surface area contributed by atoms with Crippen LogP contribution in [0.1, 0.15) is 31.9 Å². The highest BCUT2D eigenvalue weighted by Gasteiger charge is 2.09. The molecular weight excluding hydrogens is 220 g/mol. The first-order valence-corrected chi connectivity index (χ1v) is 6.50. The van der Waals surface area contributed by atoms with E-state index in [1.807, 2.05) is 30.3 Å². The first kappa shape index (κ1) is 12.8. The Morgan fingerprint density at radius 2 is 1.39 bits per heavy atom. The molecule has 94 valence electrons. The quantitative estimate of drug-likeness (QED) is 0.838. The van der Waals surface area contributed by atoms with Crippen LogP contribution < -0.4 is 0 Å². The maximum absolute atomic E-state index is 10.1. The van der Waals surface area contributed by atoms with Gasteiger partial charge in [-0.25, -0.2) is 0 Å². The van der Waals surface area contributed by atoms with Crippen LogP contribution in [0, 0.1) is 5.92 Å². The van der Waals surface area contributed by atoms with Gasteiger partial charge in [0.1, 0.15) is 0 Å². The van der Waals surface area contributed by atoms with Gasteiger partial charge in [0.05, 0.1) is 6.10 Å². The van der Waals surface area contributed by atoms with Crippen molar-refractivity contribution in [3.05, 3.63) is 60.2 Å². The van der Waals surface area contributed by atoms with Crippen LogP contribution in [0.3, 0.4) is 0 Å². The first-order valence-electron chi connectivity index (χ1n) is 6.50. The zero-order valence-corrected chi connectivity index (χ0v) is 11.0. The van der Waals surface area contributed by atoms with E-state index in [1.165, 1.54) is 11.1 Å². The molecule has 2 aromatic carbocycles. The molecule has 0 aromatic heterocycles.